The number of aliphatic carboxylic acids is 4. The van der Waals surface area contributed by atoms with E-state index >= 15 is 0 Å². The minimum atomic E-state index is -1.47. The van der Waals surface area contributed by atoms with Crippen molar-refractivity contribution in [3.8, 4) is 0 Å². The van der Waals surface area contributed by atoms with Crippen LogP contribution in [-0.2, 0) is 40.2 Å². The number of carbonyl (C=O) groups is 4. The zero-order valence-electron chi connectivity index (χ0n) is 13.7. The van der Waals surface area contributed by atoms with E-state index in [0.717, 1.165) is 0 Å². The molecule has 1 aliphatic carbocycles. The number of rotatable bonds is 5. The molecule has 1 saturated carbocycles. The van der Waals surface area contributed by atoms with Gasteiger partial charge < -0.3 is 32.7 Å². The smallest absolute Gasteiger partial charge is 0.322 e. The minimum Gasteiger partial charge on any atom is -0.480 e. The van der Waals surface area contributed by atoms with Gasteiger partial charge in [-0.1, -0.05) is 30.3 Å². The van der Waals surface area contributed by atoms with Crippen molar-refractivity contribution in [2.45, 2.75) is 25.2 Å². The molecule has 1 aliphatic rings. The van der Waals surface area contributed by atoms with Crippen LogP contribution >= 0.6 is 0 Å². The van der Waals surface area contributed by atoms with Crippen LogP contribution < -0.4 is 12.3 Å². The van der Waals surface area contributed by atoms with E-state index in [1.54, 1.807) is 18.2 Å². The molecule has 0 unspecified atom stereocenters. The third-order valence-corrected chi connectivity index (χ3v) is 3.65. The van der Waals surface area contributed by atoms with E-state index in [1.165, 1.54) is 12.1 Å². The summed E-state index contributed by atoms with van der Waals surface area (Å²) in [5.41, 5.74) is -1.16. The molecule has 26 heavy (non-hydrogen) atoms. The van der Waals surface area contributed by atoms with Crippen molar-refractivity contribution in [3.05, 3.63) is 35.9 Å². The average Bonchev–Trinajstić information content (AvgIpc) is 2.37. The number of hydrogen-bond donors (Lipinski definition) is 6. The maximum Gasteiger partial charge on any atom is 0.322 e. The zero-order chi connectivity index (χ0) is 17.6. The molecule has 10 N–H and O–H groups in total. The Hall–Kier alpha value is -2.29. The number of benzene rings is 1. The molecule has 0 heterocycles. The molecular formula is C15H22N2O8Pt. The number of carboxylic acids is 4. The van der Waals surface area contributed by atoms with Gasteiger partial charge in [0.2, 0.25) is 0 Å². The fraction of sp³-hybridized carbons (Fsp3) is 0.333. The molecule has 0 bridgehead atoms. The summed E-state index contributed by atoms with van der Waals surface area (Å²) in [6.07, 6.45) is 1.26. The Morgan fingerprint density at radius 1 is 0.808 bits per heavy atom. The number of hydrogen-bond acceptors (Lipinski definition) is 6. The van der Waals surface area contributed by atoms with Gasteiger partial charge in [-0.15, -0.1) is 0 Å². The Bertz CT molecular complexity index is 589. The van der Waals surface area contributed by atoms with Crippen LogP contribution in [0.15, 0.2) is 30.3 Å². The van der Waals surface area contributed by atoms with Crippen LogP contribution in [0, 0.1) is 5.41 Å². The molecular weight excluding hydrogens is 531 g/mol. The third-order valence-electron chi connectivity index (χ3n) is 3.65. The van der Waals surface area contributed by atoms with Gasteiger partial charge in [0.1, 0.15) is 0 Å². The molecule has 0 aromatic heterocycles. The van der Waals surface area contributed by atoms with Crippen LogP contribution in [0.5, 0.6) is 0 Å². The van der Waals surface area contributed by atoms with Gasteiger partial charge in [-0.05, 0) is 24.8 Å². The molecule has 0 spiro atoms. The van der Waals surface area contributed by atoms with E-state index in [0.29, 0.717) is 6.42 Å². The Labute approximate surface area is 163 Å². The molecule has 150 valence electrons. The van der Waals surface area contributed by atoms with E-state index in [4.69, 9.17) is 20.4 Å². The Morgan fingerprint density at radius 3 is 1.38 bits per heavy atom. The maximum atomic E-state index is 10.6. The second kappa shape index (κ2) is 12.1. The normalized spacial score (nSPS) is 13.1. The molecule has 0 amide bonds. The molecule has 2 rings (SSSR count). The van der Waals surface area contributed by atoms with Crippen molar-refractivity contribution in [2.75, 3.05) is 0 Å². The SMILES string of the molecule is N.N.O=C(O)C(C(=O)O)c1ccccc1.O=C(O)C1(C(=O)O)CCC1.[Pt]. The molecule has 1 fully saturated rings. The summed E-state index contributed by atoms with van der Waals surface area (Å²) < 4.78 is 0. The second-order valence-electron chi connectivity index (χ2n) is 5.07. The van der Waals surface area contributed by atoms with Crippen molar-refractivity contribution in [3.63, 3.8) is 0 Å². The molecule has 11 heteroatoms. The average molecular weight is 553 g/mol. The first-order chi connectivity index (χ1) is 10.7. The summed E-state index contributed by atoms with van der Waals surface area (Å²) in [7, 11) is 0. The molecule has 10 nitrogen and oxygen atoms in total. The first-order valence-corrected chi connectivity index (χ1v) is 6.69. The summed E-state index contributed by atoms with van der Waals surface area (Å²) in [6.45, 7) is 0. The largest absolute Gasteiger partial charge is 0.480 e. The Morgan fingerprint density at radius 2 is 1.19 bits per heavy atom. The van der Waals surface area contributed by atoms with E-state index in [1.807, 2.05) is 0 Å². The Balaban J connectivity index is -0.000000374. The monoisotopic (exact) mass is 553 g/mol. The van der Waals surface area contributed by atoms with Crippen molar-refractivity contribution in [1.29, 1.82) is 0 Å². The fourth-order valence-electron chi connectivity index (χ4n) is 2.09. The summed E-state index contributed by atoms with van der Waals surface area (Å²) in [4.78, 5) is 41.8. The molecule has 0 saturated heterocycles. The van der Waals surface area contributed by atoms with Crippen molar-refractivity contribution in [2.24, 2.45) is 5.41 Å². The van der Waals surface area contributed by atoms with Crippen molar-refractivity contribution < 1.29 is 60.7 Å². The van der Waals surface area contributed by atoms with Crippen LogP contribution in [-0.4, -0.2) is 44.3 Å². The fourth-order valence-corrected chi connectivity index (χ4v) is 2.09. The molecule has 0 aliphatic heterocycles. The van der Waals surface area contributed by atoms with Gasteiger partial charge in [0, 0.05) is 21.1 Å². The summed E-state index contributed by atoms with van der Waals surface area (Å²) in [5.74, 6) is -6.57. The third kappa shape index (κ3) is 6.55. The number of carboxylic acid groups (broad SMARTS) is 4. The second-order valence-corrected chi connectivity index (χ2v) is 5.07. The van der Waals surface area contributed by atoms with Gasteiger partial charge in [0.05, 0.1) is 0 Å². The first-order valence-electron chi connectivity index (χ1n) is 6.69. The summed E-state index contributed by atoms with van der Waals surface area (Å²) in [6, 6.07) is 7.87. The first kappa shape index (κ1) is 28.5. The van der Waals surface area contributed by atoms with Gasteiger partial charge in [0.25, 0.3) is 0 Å². The van der Waals surface area contributed by atoms with Gasteiger partial charge in [-0.3, -0.25) is 19.2 Å². The van der Waals surface area contributed by atoms with Crippen molar-refractivity contribution >= 4 is 23.9 Å². The molecule has 1 aromatic rings. The predicted molar refractivity (Wildman–Crippen MR) is 86.1 cm³/mol. The van der Waals surface area contributed by atoms with Crippen LogP contribution in [0.3, 0.4) is 0 Å². The van der Waals surface area contributed by atoms with E-state index in [9.17, 15) is 19.2 Å². The van der Waals surface area contributed by atoms with Crippen LogP contribution in [0.2, 0.25) is 0 Å². The van der Waals surface area contributed by atoms with Crippen LogP contribution in [0.1, 0.15) is 30.7 Å². The van der Waals surface area contributed by atoms with Crippen molar-refractivity contribution in [1.82, 2.24) is 12.3 Å². The summed E-state index contributed by atoms with van der Waals surface area (Å²) in [5, 5.41) is 34.2. The predicted octanol–water partition coefficient (Wildman–Crippen LogP) is 1.59. The molecule has 0 atom stereocenters. The van der Waals surface area contributed by atoms with Crippen LogP contribution in [0.4, 0.5) is 0 Å². The minimum absolute atomic E-state index is 0. The quantitative estimate of drug-likeness (QED) is 0.289. The van der Waals surface area contributed by atoms with E-state index in [2.05, 4.69) is 0 Å². The summed E-state index contributed by atoms with van der Waals surface area (Å²) >= 11 is 0. The molecule has 1 aromatic carbocycles. The maximum absolute atomic E-state index is 10.6. The standard InChI is InChI=1S/C9H8O4.C6H8O4.2H3N.Pt/c10-8(11)7(9(12)13)6-4-2-1-3-5-6;7-4(8)6(5(9)10)2-1-3-6;;;/h1-5,7H,(H,10,11)(H,12,13);1-3H2,(H,7,8)(H,9,10);2*1H3;. The van der Waals surface area contributed by atoms with E-state index in [-0.39, 0.29) is 51.8 Å². The van der Waals surface area contributed by atoms with Gasteiger partial charge in [0.15, 0.2) is 11.3 Å². The molecule has 0 radical (unpaired) electrons. The van der Waals surface area contributed by atoms with Gasteiger partial charge in [-0.2, -0.15) is 0 Å². The Kier molecular flexibility index (Phi) is 13.3. The topological polar surface area (TPSA) is 219 Å². The van der Waals surface area contributed by atoms with E-state index < -0.39 is 35.2 Å². The van der Waals surface area contributed by atoms with Crippen LogP contribution in [0.25, 0.3) is 0 Å². The zero-order valence-corrected chi connectivity index (χ0v) is 16.0. The van der Waals surface area contributed by atoms with Gasteiger partial charge in [-0.25, -0.2) is 0 Å². The van der Waals surface area contributed by atoms with Gasteiger partial charge >= 0.3 is 23.9 Å².